The predicted octanol–water partition coefficient (Wildman–Crippen LogP) is 8.02. The Morgan fingerprint density at radius 1 is 0.841 bits per heavy atom. The van der Waals surface area contributed by atoms with E-state index in [1.54, 1.807) is 25.5 Å². The summed E-state index contributed by atoms with van der Waals surface area (Å²) in [7, 11) is 0. The van der Waals surface area contributed by atoms with Gasteiger partial charge in [0.1, 0.15) is 0 Å². The number of rotatable bonds is 5. The third kappa shape index (κ3) is 7.08. The summed E-state index contributed by atoms with van der Waals surface area (Å²) in [6.45, 7) is 11.5. The van der Waals surface area contributed by atoms with Gasteiger partial charge in [-0.15, -0.1) is 0 Å². The topological polar surface area (TPSA) is 91.3 Å². The highest BCUT2D eigenvalue weighted by Crippen LogP contribution is 2.43. The van der Waals surface area contributed by atoms with Crippen LogP contribution in [-0.4, -0.2) is 51.3 Å². The van der Waals surface area contributed by atoms with Crippen molar-refractivity contribution in [1.82, 2.24) is 19.9 Å². The van der Waals surface area contributed by atoms with Gasteiger partial charge in [0.25, 0.3) is 0 Å². The van der Waals surface area contributed by atoms with Crippen LogP contribution in [0.15, 0.2) is 79.3 Å². The van der Waals surface area contributed by atoms with Crippen LogP contribution in [0.25, 0.3) is 22.4 Å². The van der Waals surface area contributed by atoms with Crippen molar-refractivity contribution < 1.29 is 9.59 Å². The zero-order valence-electron chi connectivity index (χ0n) is 26.2. The summed E-state index contributed by atoms with van der Waals surface area (Å²) in [4.78, 5) is 42.4. The van der Waals surface area contributed by atoms with E-state index in [4.69, 9.17) is 16.6 Å². The van der Waals surface area contributed by atoms with E-state index in [0.717, 1.165) is 28.8 Å². The normalized spacial score (nSPS) is 15.2. The molecule has 0 radical (unpaired) electrons. The van der Waals surface area contributed by atoms with E-state index in [0.29, 0.717) is 54.8 Å². The molecular weight excluding hydrogens is 572 g/mol. The van der Waals surface area contributed by atoms with Crippen LogP contribution in [0.4, 0.5) is 17.3 Å². The van der Waals surface area contributed by atoms with Crippen LogP contribution < -0.4 is 10.2 Å². The second kappa shape index (κ2) is 14.9. The van der Waals surface area contributed by atoms with Gasteiger partial charge in [0.2, 0.25) is 17.8 Å². The predicted molar refractivity (Wildman–Crippen MR) is 179 cm³/mol. The van der Waals surface area contributed by atoms with E-state index in [-0.39, 0.29) is 11.8 Å². The highest BCUT2D eigenvalue weighted by atomic mass is 35.5. The minimum atomic E-state index is -0.405. The van der Waals surface area contributed by atoms with Crippen molar-refractivity contribution in [2.45, 2.75) is 53.9 Å². The number of aromatic nitrogens is 3. The molecular formula is C35H41ClN6O2. The molecule has 2 fully saturated rings. The van der Waals surface area contributed by atoms with Crippen molar-refractivity contribution >= 4 is 40.7 Å². The van der Waals surface area contributed by atoms with Crippen molar-refractivity contribution in [1.29, 1.82) is 0 Å². The molecule has 1 N–H and O–H groups in total. The maximum Gasteiger partial charge on any atom is 0.233 e. The molecule has 2 amide bonds. The minimum absolute atomic E-state index is 0.0663. The lowest BCUT2D eigenvalue weighted by Crippen LogP contribution is -2.46. The lowest BCUT2D eigenvalue weighted by Gasteiger charge is -2.37. The lowest BCUT2D eigenvalue weighted by molar-refractivity contribution is -0.136. The molecule has 2 aromatic carbocycles. The number of anilines is 3. The molecule has 44 heavy (non-hydrogen) atoms. The first-order chi connectivity index (χ1) is 21.4. The van der Waals surface area contributed by atoms with Gasteiger partial charge in [-0.25, -0.2) is 9.97 Å². The van der Waals surface area contributed by atoms with E-state index in [1.165, 1.54) is 0 Å². The molecule has 2 saturated heterocycles. The van der Waals surface area contributed by atoms with Crippen molar-refractivity contribution in [3.63, 3.8) is 0 Å². The zero-order chi connectivity index (χ0) is 31.7. The first-order valence-corrected chi connectivity index (χ1v) is 15.8. The molecule has 8 nitrogen and oxygen atoms in total. The summed E-state index contributed by atoms with van der Waals surface area (Å²) in [5, 5.41) is 3.68. The number of benzene rings is 2. The Balaban J connectivity index is 0.00000106. The van der Waals surface area contributed by atoms with Crippen molar-refractivity contribution in [2.24, 2.45) is 5.41 Å². The molecule has 0 aliphatic carbocycles. The van der Waals surface area contributed by atoms with Gasteiger partial charge in [-0.05, 0) is 42.5 Å². The molecule has 2 aliphatic heterocycles. The fourth-order valence-corrected chi connectivity index (χ4v) is 5.86. The van der Waals surface area contributed by atoms with Gasteiger partial charge in [-0.3, -0.25) is 14.6 Å². The second-order valence-electron chi connectivity index (χ2n) is 10.4. The molecule has 0 unspecified atom stereocenters. The SMILES string of the molecule is CC.CC.CC(=O)N1CCC2(CC1)CCN(c1cncc(Nc3ncc(Cl)c(-c4cccc(-c5ccccc5)c4)n3)c1)C2=O. The van der Waals surface area contributed by atoms with E-state index >= 15 is 0 Å². The van der Waals surface area contributed by atoms with Gasteiger partial charge >= 0.3 is 0 Å². The number of carbonyl (C=O) groups excluding carboxylic acids is 2. The first-order valence-electron chi connectivity index (χ1n) is 15.4. The van der Waals surface area contributed by atoms with Crippen molar-refractivity contribution in [3.05, 3.63) is 84.3 Å². The third-order valence-electron chi connectivity index (χ3n) is 7.96. The average Bonchev–Trinajstić information content (AvgIpc) is 3.39. The van der Waals surface area contributed by atoms with Gasteiger partial charge in [-0.1, -0.05) is 87.8 Å². The molecule has 9 heteroatoms. The van der Waals surface area contributed by atoms with E-state index in [2.05, 4.69) is 39.6 Å². The maximum absolute atomic E-state index is 13.5. The van der Waals surface area contributed by atoms with Crippen molar-refractivity contribution in [2.75, 3.05) is 29.9 Å². The van der Waals surface area contributed by atoms with Gasteiger partial charge < -0.3 is 15.1 Å². The minimum Gasteiger partial charge on any atom is -0.343 e. The van der Waals surface area contributed by atoms with Crippen LogP contribution in [-0.2, 0) is 9.59 Å². The van der Waals surface area contributed by atoms with Crippen LogP contribution in [0, 0.1) is 5.41 Å². The Kier molecular flexibility index (Phi) is 11.1. The van der Waals surface area contributed by atoms with E-state index in [9.17, 15) is 9.59 Å². The van der Waals surface area contributed by atoms with Crippen LogP contribution in [0.5, 0.6) is 0 Å². The van der Waals surface area contributed by atoms with E-state index in [1.807, 2.05) is 73.9 Å². The summed E-state index contributed by atoms with van der Waals surface area (Å²) >= 11 is 6.53. The number of piperidine rings is 1. The largest absolute Gasteiger partial charge is 0.343 e. The van der Waals surface area contributed by atoms with E-state index < -0.39 is 5.41 Å². The molecule has 2 aliphatic rings. The molecule has 2 aromatic heterocycles. The van der Waals surface area contributed by atoms with Gasteiger partial charge in [0, 0.05) is 32.1 Å². The standard InChI is InChI=1S/C31H29ClN6O2.2C2H6/c1-21(39)37-13-10-31(11-14-37)12-15-38(29(31)40)26-17-25(18-33-19-26)35-30-34-20-27(32)28(36-30)24-9-5-8-23(16-24)22-6-3-2-4-7-22;2*1-2/h2-9,16-20H,10-15H2,1H3,(H,34,35,36);2*1-2H3. The molecule has 4 aromatic rings. The smallest absolute Gasteiger partial charge is 0.233 e. The Labute approximate surface area is 265 Å². The summed E-state index contributed by atoms with van der Waals surface area (Å²) < 4.78 is 0. The average molecular weight is 613 g/mol. The molecule has 1 spiro atoms. The number of amides is 2. The Morgan fingerprint density at radius 2 is 1.50 bits per heavy atom. The molecule has 0 saturated carbocycles. The summed E-state index contributed by atoms with van der Waals surface area (Å²) in [5.41, 5.74) is 4.67. The highest BCUT2D eigenvalue weighted by Gasteiger charge is 2.48. The second-order valence-corrected chi connectivity index (χ2v) is 10.8. The van der Waals surface area contributed by atoms with Gasteiger partial charge in [0.15, 0.2) is 0 Å². The number of nitrogens with one attached hydrogen (secondary N) is 1. The summed E-state index contributed by atoms with van der Waals surface area (Å²) in [6.07, 6.45) is 7.13. The molecule has 6 rings (SSSR count). The number of hydrogen-bond acceptors (Lipinski definition) is 6. The number of pyridine rings is 1. The summed E-state index contributed by atoms with van der Waals surface area (Å²) in [5.74, 6) is 0.555. The van der Waals surface area contributed by atoms with Crippen LogP contribution in [0.1, 0.15) is 53.9 Å². The number of nitrogens with zero attached hydrogens (tertiary/aromatic N) is 5. The number of hydrogen-bond donors (Lipinski definition) is 1. The van der Waals surface area contributed by atoms with Gasteiger partial charge in [0.05, 0.1) is 46.1 Å². The number of carbonyl (C=O) groups is 2. The van der Waals surface area contributed by atoms with Crippen LogP contribution in [0.2, 0.25) is 5.02 Å². The fourth-order valence-electron chi connectivity index (χ4n) is 5.66. The number of likely N-dealkylation sites (tertiary alicyclic amines) is 1. The van der Waals surface area contributed by atoms with Crippen molar-refractivity contribution in [3.8, 4) is 22.4 Å². The van der Waals surface area contributed by atoms with Crippen LogP contribution >= 0.6 is 11.6 Å². The monoisotopic (exact) mass is 612 g/mol. The van der Waals surface area contributed by atoms with Crippen LogP contribution in [0.3, 0.4) is 0 Å². The fraction of sp³-hybridized carbons (Fsp3) is 0.343. The highest BCUT2D eigenvalue weighted by molar-refractivity contribution is 6.33. The Morgan fingerprint density at radius 3 is 2.20 bits per heavy atom. The molecule has 0 atom stereocenters. The quantitative estimate of drug-likeness (QED) is 0.245. The number of halogens is 1. The molecule has 0 bridgehead atoms. The maximum atomic E-state index is 13.5. The molecule has 4 heterocycles. The third-order valence-corrected chi connectivity index (χ3v) is 8.23. The summed E-state index contributed by atoms with van der Waals surface area (Å²) in [6, 6.07) is 20.1. The molecule has 230 valence electrons. The van der Waals surface area contributed by atoms with Gasteiger partial charge in [-0.2, -0.15) is 0 Å². The Bertz CT molecular complexity index is 1570. The lowest BCUT2D eigenvalue weighted by atomic mass is 9.77. The zero-order valence-corrected chi connectivity index (χ0v) is 26.9. The Hall–Kier alpha value is -4.30. The first kappa shape index (κ1) is 32.6.